The van der Waals surface area contributed by atoms with Gasteiger partial charge in [0.25, 0.3) is 0 Å². The zero-order chi connectivity index (χ0) is 31.6. The highest BCUT2D eigenvalue weighted by Gasteiger charge is 2.25. The van der Waals surface area contributed by atoms with Crippen LogP contribution >= 0.6 is 11.8 Å². The molecule has 7 aromatic carbocycles. The molecule has 0 radical (unpaired) electrons. The predicted molar refractivity (Wildman–Crippen MR) is 202 cm³/mol. The van der Waals surface area contributed by atoms with E-state index in [2.05, 4.69) is 190 Å². The van der Waals surface area contributed by atoms with Gasteiger partial charge in [-0.1, -0.05) is 115 Å². The monoisotopic (exact) mass is 631 g/mol. The lowest BCUT2D eigenvalue weighted by Gasteiger charge is -2.32. The predicted octanol–water partition coefficient (Wildman–Crippen LogP) is 12.3. The van der Waals surface area contributed by atoms with Crippen molar-refractivity contribution < 1.29 is 0 Å². The molecule has 0 amide bonds. The van der Waals surface area contributed by atoms with E-state index in [0.717, 1.165) is 17.1 Å². The number of nitrogens with zero attached hydrogens (tertiary/aromatic N) is 3. The first-order valence-corrected chi connectivity index (χ1v) is 17.1. The van der Waals surface area contributed by atoms with Crippen molar-refractivity contribution >= 4 is 61.5 Å². The summed E-state index contributed by atoms with van der Waals surface area (Å²) in [5.74, 6) is 0. The lowest BCUT2D eigenvalue weighted by Crippen LogP contribution is -2.14. The van der Waals surface area contributed by atoms with E-state index in [0.29, 0.717) is 0 Å². The molecule has 3 nitrogen and oxygen atoms in total. The van der Waals surface area contributed by atoms with Crippen molar-refractivity contribution in [2.45, 2.75) is 9.79 Å². The minimum Gasteiger partial charge on any atom is -0.314 e. The van der Waals surface area contributed by atoms with Gasteiger partial charge in [-0.3, -0.25) is 0 Å². The number of aromatic nitrogens is 2. The average molecular weight is 632 g/mol. The Balaban J connectivity index is 1.23. The van der Waals surface area contributed by atoms with E-state index in [1.165, 1.54) is 65.0 Å². The maximum Gasteiger partial charge on any atom is 0.0788 e. The molecule has 1 aliphatic rings. The van der Waals surface area contributed by atoms with Gasteiger partial charge in [0.15, 0.2) is 0 Å². The van der Waals surface area contributed by atoms with E-state index in [9.17, 15) is 0 Å². The van der Waals surface area contributed by atoms with Crippen molar-refractivity contribution in [2.75, 3.05) is 4.90 Å². The summed E-state index contributed by atoms with van der Waals surface area (Å²) in [5, 5.41) is 3.72. The molecule has 226 valence electrons. The van der Waals surface area contributed by atoms with Gasteiger partial charge < -0.3 is 14.0 Å². The second kappa shape index (κ2) is 10.8. The molecular weight excluding hydrogens is 603 g/mol. The molecule has 0 saturated carbocycles. The first-order valence-electron chi connectivity index (χ1n) is 16.3. The second-order valence-electron chi connectivity index (χ2n) is 12.2. The first kappa shape index (κ1) is 27.2. The van der Waals surface area contributed by atoms with E-state index in [1.54, 1.807) is 0 Å². The van der Waals surface area contributed by atoms with Crippen LogP contribution < -0.4 is 4.90 Å². The lowest BCUT2D eigenvalue weighted by atomic mass is 10.0. The summed E-state index contributed by atoms with van der Waals surface area (Å²) >= 11 is 1.84. The fourth-order valence-electron chi connectivity index (χ4n) is 7.41. The van der Waals surface area contributed by atoms with Crippen molar-refractivity contribution in [3.63, 3.8) is 0 Å². The van der Waals surface area contributed by atoms with Crippen LogP contribution in [0, 0.1) is 0 Å². The van der Waals surface area contributed by atoms with Crippen LogP contribution in [0.2, 0.25) is 0 Å². The van der Waals surface area contributed by atoms with Gasteiger partial charge in [0.05, 0.1) is 27.9 Å². The number of para-hydroxylation sites is 4. The molecule has 0 atom stereocenters. The van der Waals surface area contributed by atoms with Crippen LogP contribution in [0.1, 0.15) is 0 Å². The summed E-state index contributed by atoms with van der Waals surface area (Å²) in [6, 6.07) is 61.3. The lowest BCUT2D eigenvalue weighted by molar-refractivity contribution is 1.11. The number of rotatable bonds is 4. The Labute approximate surface area is 282 Å². The molecule has 4 heteroatoms. The Hall–Kier alpha value is -5.97. The Kier molecular flexibility index (Phi) is 6.11. The highest BCUT2D eigenvalue weighted by molar-refractivity contribution is 7.99. The van der Waals surface area contributed by atoms with Gasteiger partial charge in [0, 0.05) is 54.8 Å². The molecule has 2 aromatic heterocycles. The van der Waals surface area contributed by atoms with Gasteiger partial charge in [-0.15, -0.1) is 0 Å². The molecule has 0 fully saturated rings. The van der Waals surface area contributed by atoms with Crippen molar-refractivity contribution in [1.82, 2.24) is 9.13 Å². The van der Waals surface area contributed by atoms with Gasteiger partial charge >= 0.3 is 0 Å². The number of benzene rings is 7. The number of hydrogen-bond donors (Lipinski definition) is 0. The molecule has 0 bridgehead atoms. The summed E-state index contributed by atoms with van der Waals surface area (Å²) in [7, 11) is 0. The van der Waals surface area contributed by atoms with Crippen LogP contribution in [0.4, 0.5) is 17.1 Å². The molecule has 48 heavy (non-hydrogen) atoms. The Morgan fingerprint density at radius 2 is 0.979 bits per heavy atom. The highest BCUT2D eigenvalue weighted by Crippen LogP contribution is 2.51. The molecule has 0 aliphatic carbocycles. The van der Waals surface area contributed by atoms with E-state index in [-0.39, 0.29) is 0 Å². The standard InChI is InChI=1S/C44H29N3S/c1-3-13-30(14-4-1)37-29-45(31-15-5-2-6-16-31)43-36(37)28-27-35-34-17-7-8-18-38(34)47(44(35)43)33-25-23-32(24-26-33)46-39-19-9-11-21-41(39)48-42-22-12-10-20-40(42)46/h1-29H. The third kappa shape index (κ3) is 4.09. The molecule has 1 aliphatic heterocycles. The largest absolute Gasteiger partial charge is 0.314 e. The molecule has 10 rings (SSSR count). The summed E-state index contributed by atoms with van der Waals surface area (Å²) in [4.78, 5) is 4.92. The highest BCUT2D eigenvalue weighted by atomic mass is 32.2. The van der Waals surface area contributed by atoms with Gasteiger partial charge in [0.1, 0.15) is 0 Å². The van der Waals surface area contributed by atoms with Crippen LogP contribution in [0.25, 0.3) is 55.2 Å². The molecular formula is C44H29N3S. The van der Waals surface area contributed by atoms with Gasteiger partial charge in [0.2, 0.25) is 0 Å². The summed E-state index contributed by atoms with van der Waals surface area (Å²) in [6.07, 6.45) is 2.31. The van der Waals surface area contributed by atoms with E-state index in [1.807, 2.05) is 11.8 Å². The summed E-state index contributed by atoms with van der Waals surface area (Å²) in [6.45, 7) is 0. The van der Waals surface area contributed by atoms with Crippen molar-refractivity contribution in [2.24, 2.45) is 0 Å². The topological polar surface area (TPSA) is 13.1 Å². The summed E-state index contributed by atoms with van der Waals surface area (Å²) in [5.41, 5.74) is 11.9. The SMILES string of the molecule is c1ccc(-c2cn(-c3ccccc3)c3c2ccc2c4ccccc4n(-c4ccc(N5c6ccccc6Sc6ccccc65)cc4)c23)cc1. The molecule has 0 spiro atoms. The third-order valence-electron chi connectivity index (χ3n) is 9.52. The minimum atomic E-state index is 1.13. The zero-order valence-corrected chi connectivity index (χ0v) is 26.8. The minimum absolute atomic E-state index is 1.13. The van der Waals surface area contributed by atoms with Gasteiger partial charge in [-0.05, 0) is 72.3 Å². The van der Waals surface area contributed by atoms with Crippen LogP contribution in [0.5, 0.6) is 0 Å². The van der Waals surface area contributed by atoms with Crippen molar-refractivity contribution in [3.05, 3.63) is 176 Å². The van der Waals surface area contributed by atoms with E-state index < -0.39 is 0 Å². The van der Waals surface area contributed by atoms with Crippen molar-refractivity contribution in [1.29, 1.82) is 0 Å². The Bertz CT molecular complexity index is 2590. The zero-order valence-electron chi connectivity index (χ0n) is 26.0. The molecule has 0 N–H and O–H groups in total. The van der Waals surface area contributed by atoms with E-state index >= 15 is 0 Å². The smallest absolute Gasteiger partial charge is 0.0788 e. The molecule has 3 heterocycles. The fourth-order valence-corrected chi connectivity index (χ4v) is 8.46. The van der Waals surface area contributed by atoms with E-state index in [4.69, 9.17) is 0 Å². The van der Waals surface area contributed by atoms with Crippen LogP contribution in [0.3, 0.4) is 0 Å². The third-order valence-corrected chi connectivity index (χ3v) is 10.6. The molecule has 9 aromatic rings. The van der Waals surface area contributed by atoms with Crippen LogP contribution in [-0.4, -0.2) is 9.13 Å². The maximum absolute atomic E-state index is 2.46. The van der Waals surface area contributed by atoms with Crippen LogP contribution in [-0.2, 0) is 0 Å². The van der Waals surface area contributed by atoms with Crippen LogP contribution in [0.15, 0.2) is 186 Å². The Morgan fingerprint density at radius 3 is 1.71 bits per heavy atom. The number of hydrogen-bond acceptors (Lipinski definition) is 2. The quantitative estimate of drug-likeness (QED) is 0.192. The fraction of sp³-hybridized carbons (Fsp3) is 0. The van der Waals surface area contributed by atoms with Gasteiger partial charge in [-0.2, -0.15) is 0 Å². The summed E-state index contributed by atoms with van der Waals surface area (Å²) < 4.78 is 4.84. The first-order chi connectivity index (χ1) is 23.8. The van der Waals surface area contributed by atoms with Crippen molar-refractivity contribution in [3.8, 4) is 22.5 Å². The number of fused-ring (bicyclic) bond motifs is 7. The molecule has 0 unspecified atom stereocenters. The molecule has 0 saturated heterocycles. The van der Waals surface area contributed by atoms with Gasteiger partial charge in [-0.25, -0.2) is 0 Å². The Morgan fingerprint density at radius 1 is 0.396 bits per heavy atom. The second-order valence-corrected chi connectivity index (χ2v) is 13.3. The average Bonchev–Trinajstić information content (AvgIpc) is 3.71. The normalized spacial score (nSPS) is 12.5. The maximum atomic E-state index is 2.46. The number of anilines is 3.